The van der Waals surface area contributed by atoms with Crippen molar-refractivity contribution in [1.29, 1.82) is 0 Å². The molecule has 1 aliphatic heterocycles. The minimum absolute atomic E-state index is 0.808. The maximum absolute atomic E-state index is 3.51. The number of rotatable bonds is 3. The van der Waals surface area contributed by atoms with E-state index < -0.39 is 0 Å². The van der Waals surface area contributed by atoms with Crippen LogP contribution in [0.25, 0.3) is 10.9 Å². The molecule has 1 aromatic carbocycles. The largest absolute Gasteiger partial charge is 0.361 e. The number of hydrogen-bond donors (Lipinski definition) is 2. The second-order valence-corrected chi connectivity index (χ2v) is 5.42. The summed E-state index contributed by atoms with van der Waals surface area (Å²) in [4.78, 5) is 3.48. The lowest BCUT2D eigenvalue weighted by Gasteiger charge is -2.22. The highest BCUT2D eigenvalue weighted by Crippen LogP contribution is 2.25. The molecule has 2 N–H and O–H groups in total. The SMILES string of the molecule is CCc1cccc2c(CC3CCCNC3)c[nH]c12. The predicted molar refractivity (Wildman–Crippen MR) is 77.0 cm³/mol. The summed E-state index contributed by atoms with van der Waals surface area (Å²) in [5, 5.41) is 4.94. The first kappa shape index (κ1) is 11.8. The predicted octanol–water partition coefficient (Wildman–Crippen LogP) is 3.27. The number of benzene rings is 1. The first-order valence-corrected chi connectivity index (χ1v) is 7.17. The van der Waals surface area contributed by atoms with Crippen LogP contribution in [0.2, 0.25) is 0 Å². The van der Waals surface area contributed by atoms with Gasteiger partial charge < -0.3 is 10.3 Å². The van der Waals surface area contributed by atoms with Gasteiger partial charge in [0.05, 0.1) is 0 Å². The maximum atomic E-state index is 3.51. The second-order valence-electron chi connectivity index (χ2n) is 5.42. The molecular formula is C16H22N2. The quantitative estimate of drug-likeness (QED) is 0.849. The van der Waals surface area contributed by atoms with E-state index >= 15 is 0 Å². The van der Waals surface area contributed by atoms with E-state index in [4.69, 9.17) is 0 Å². The fourth-order valence-electron chi connectivity index (χ4n) is 3.15. The summed E-state index contributed by atoms with van der Waals surface area (Å²) in [6.07, 6.45) is 7.22. The molecule has 2 heteroatoms. The van der Waals surface area contributed by atoms with Crippen molar-refractivity contribution in [2.24, 2.45) is 5.92 Å². The van der Waals surface area contributed by atoms with E-state index in [2.05, 4.69) is 41.6 Å². The summed E-state index contributed by atoms with van der Waals surface area (Å²) in [5.41, 5.74) is 4.27. The third kappa shape index (κ3) is 2.17. The van der Waals surface area contributed by atoms with Crippen LogP contribution in [0.4, 0.5) is 0 Å². The van der Waals surface area contributed by atoms with Crippen molar-refractivity contribution < 1.29 is 0 Å². The van der Waals surface area contributed by atoms with Crippen LogP contribution in [0, 0.1) is 5.92 Å². The van der Waals surface area contributed by atoms with Crippen LogP contribution < -0.4 is 5.32 Å². The Kier molecular flexibility index (Phi) is 3.37. The van der Waals surface area contributed by atoms with Crippen molar-refractivity contribution in [3.63, 3.8) is 0 Å². The van der Waals surface area contributed by atoms with Crippen molar-refractivity contribution in [1.82, 2.24) is 10.3 Å². The van der Waals surface area contributed by atoms with Gasteiger partial charge in [0, 0.05) is 17.1 Å². The van der Waals surface area contributed by atoms with Gasteiger partial charge in [-0.1, -0.05) is 25.1 Å². The Hall–Kier alpha value is -1.28. The lowest BCUT2D eigenvalue weighted by molar-refractivity contribution is 0.377. The highest BCUT2D eigenvalue weighted by molar-refractivity contribution is 5.86. The lowest BCUT2D eigenvalue weighted by atomic mass is 9.92. The van der Waals surface area contributed by atoms with E-state index in [9.17, 15) is 0 Å². The van der Waals surface area contributed by atoms with Crippen LogP contribution in [0.3, 0.4) is 0 Å². The third-order valence-electron chi connectivity index (χ3n) is 4.18. The van der Waals surface area contributed by atoms with Gasteiger partial charge in [-0.05, 0) is 55.8 Å². The van der Waals surface area contributed by atoms with Crippen molar-refractivity contribution in [3.05, 3.63) is 35.5 Å². The lowest BCUT2D eigenvalue weighted by Crippen LogP contribution is -2.30. The van der Waals surface area contributed by atoms with Gasteiger partial charge in [-0.3, -0.25) is 0 Å². The molecule has 0 amide bonds. The van der Waals surface area contributed by atoms with Gasteiger partial charge >= 0.3 is 0 Å². The second kappa shape index (κ2) is 5.15. The normalized spacial score (nSPS) is 20.4. The van der Waals surface area contributed by atoms with Gasteiger partial charge in [0.1, 0.15) is 0 Å². The first-order valence-electron chi connectivity index (χ1n) is 7.17. The minimum Gasteiger partial charge on any atom is -0.361 e. The number of aromatic nitrogens is 1. The Bertz CT molecular complexity index is 521. The van der Waals surface area contributed by atoms with Gasteiger partial charge in [0.2, 0.25) is 0 Å². The fourth-order valence-corrected chi connectivity index (χ4v) is 3.15. The van der Waals surface area contributed by atoms with E-state index in [1.54, 1.807) is 0 Å². The number of aryl methyl sites for hydroxylation is 1. The Morgan fingerprint density at radius 2 is 2.22 bits per heavy atom. The molecule has 0 spiro atoms. The van der Waals surface area contributed by atoms with E-state index in [1.165, 1.54) is 54.4 Å². The van der Waals surface area contributed by atoms with Crippen LogP contribution in [0.1, 0.15) is 30.9 Å². The summed E-state index contributed by atoms with van der Waals surface area (Å²) in [6.45, 7) is 4.60. The number of nitrogens with one attached hydrogen (secondary N) is 2. The zero-order valence-electron chi connectivity index (χ0n) is 11.1. The van der Waals surface area contributed by atoms with Gasteiger partial charge in [-0.25, -0.2) is 0 Å². The molecule has 0 saturated carbocycles. The number of piperidine rings is 1. The van der Waals surface area contributed by atoms with Crippen LogP contribution in [0.5, 0.6) is 0 Å². The standard InChI is InChI=1S/C16H22N2/c1-2-13-6-3-7-15-14(11-18-16(13)15)9-12-5-4-8-17-10-12/h3,6-7,11-12,17-18H,2,4-5,8-10H2,1H3. The maximum Gasteiger partial charge on any atom is 0.0489 e. The average Bonchev–Trinajstić information content (AvgIpc) is 2.83. The third-order valence-corrected chi connectivity index (χ3v) is 4.18. The molecule has 2 nitrogen and oxygen atoms in total. The van der Waals surface area contributed by atoms with Gasteiger partial charge in [0.15, 0.2) is 0 Å². The molecule has 1 aliphatic rings. The molecule has 96 valence electrons. The molecule has 1 saturated heterocycles. The highest BCUT2D eigenvalue weighted by Gasteiger charge is 2.15. The molecule has 1 fully saturated rings. The Morgan fingerprint density at radius 3 is 3.00 bits per heavy atom. The van der Waals surface area contributed by atoms with Gasteiger partial charge in [0.25, 0.3) is 0 Å². The summed E-state index contributed by atoms with van der Waals surface area (Å²) in [6, 6.07) is 6.68. The molecule has 18 heavy (non-hydrogen) atoms. The molecule has 0 aliphatic carbocycles. The van der Waals surface area contributed by atoms with Crippen molar-refractivity contribution in [2.45, 2.75) is 32.6 Å². The van der Waals surface area contributed by atoms with Crippen molar-refractivity contribution in [3.8, 4) is 0 Å². The summed E-state index contributed by atoms with van der Waals surface area (Å²) >= 11 is 0. The number of fused-ring (bicyclic) bond motifs is 1. The molecule has 3 rings (SSSR count). The van der Waals surface area contributed by atoms with Gasteiger partial charge in [-0.15, -0.1) is 0 Å². The van der Waals surface area contributed by atoms with Crippen LogP contribution in [0.15, 0.2) is 24.4 Å². The fraction of sp³-hybridized carbons (Fsp3) is 0.500. The molecule has 2 heterocycles. The van der Waals surface area contributed by atoms with Crippen LogP contribution >= 0.6 is 0 Å². The number of aromatic amines is 1. The van der Waals surface area contributed by atoms with Crippen LogP contribution in [-0.2, 0) is 12.8 Å². The first-order chi connectivity index (χ1) is 8.88. The van der Waals surface area contributed by atoms with E-state index in [-0.39, 0.29) is 0 Å². The minimum atomic E-state index is 0.808. The number of para-hydroxylation sites is 1. The Morgan fingerprint density at radius 1 is 1.28 bits per heavy atom. The molecule has 0 radical (unpaired) electrons. The van der Waals surface area contributed by atoms with Crippen molar-refractivity contribution >= 4 is 10.9 Å². The molecule has 1 aromatic heterocycles. The Labute approximate surface area is 109 Å². The molecular weight excluding hydrogens is 220 g/mol. The highest BCUT2D eigenvalue weighted by atomic mass is 14.9. The van der Waals surface area contributed by atoms with Gasteiger partial charge in [-0.2, -0.15) is 0 Å². The van der Waals surface area contributed by atoms with Crippen molar-refractivity contribution in [2.75, 3.05) is 13.1 Å². The van der Waals surface area contributed by atoms with E-state index in [1.807, 2.05) is 0 Å². The number of hydrogen-bond acceptors (Lipinski definition) is 1. The average molecular weight is 242 g/mol. The van der Waals surface area contributed by atoms with E-state index in [0.29, 0.717) is 0 Å². The summed E-state index contributed by atoms with van der Waals surface area (Å²) in [5.74, 6) is 0.808. The molecule has 2 aromatic rings. The zero-order valence-corrected chi connectivity index (χ0v) is 11.1. The van der Waals surface area contributed by atoms with Crippen LogP contribution in [-0.4, -0.2) is 18.1 Å². The number of H-pyrrole nitrogens is 1. The monoisotopic (exact) mass is 242 g/mol. The zero-order chi connectivity index (χ0) is 12.4. The smallest absolute Gasteiger partial charge is 0.0489 e. The molecule has 1 unspecified atom stereocenters. The summed E-state index contributed by atoms with van der Waals surface area (Å²) in [7, 11) is 0. The topological polar surface area (TPSA) is 27.8 Å². The molecule has 0 bridgehead atoms. The van der Waals surface area contributed by atoms with E-state index in [0.717, 1.165) is 12.3 Å². The molecule has 1 atom stereocenters. The Balaban J connectivity index is 1.88. The summed E-state index contributed by atoms with van der Waals surface area (Å²) < 4.78 is 0.